The molecule has 0 atom stereocenters. The number of carbonyl (C=O) groups is 1. The van der Waals surface area contributed by atoms with E-state index in [0.717, 1.165) is 12.8 Å². The lowest BCUT2D eigenvalue weighted by Gasteiger charge is -2.16. The zero-order valence-electron chi connectivity index (χ0n) is 7.86. The summed E-state index contributed by atoms with van der Waals surface area (Å²) in [5.74, 6) is 0.599. The summed E-state index contributed by atoms with van der Waals surface area (Å²) in [6.45, 7) is 2.75. The van der Waals surface area contributed by atoms with Crippen molar-refractivity contribution in [3.05, 3.63) is 29.8 Å². The van der Waals surface area contributed by atoms with Crippen molar-refractivity contribution in [1.29, 1.82) is 0 Å². The number of para-hydroxylation sites is 1. The van der Waals surface area contributed by atoms with Gasteiger partial charge in [0.2, 0.25) is 0 Å². The third-order valence-electron chi connectivity index (χ3n) is 1.75. The Hall–Kier alpha value is -1.35. The highest BCUT2D eigenvalue weighted by molar-refractivity contribution is 5.79. The van der Waals surface area contributed by atoms with Gasteiger partial charge in [0.15, 0.2) is 12.0 Å². The highest BCUT2D eigenvalue weighted by Gasteiger charge is 2.03. The molecule has 70 valence electrons. The van der Waals surface area contributed by atoms with Crippen molar-refractivity contribution in [3.63, 3.8) is 0 Å². The third kappa shape index (κ3) is 2.56. The second-order valence-corrected chi connectivity index (χ2v) is 2.69. The van der Waals surface area contributed by atoms with Crippen LogP contribution in [0.15, 0.2) is 24.3 Å². The Morgan fingerprint density at radius 2 is 2.15 bits per heavy atom. The molecule has 0 aliphatic rings. The molecule has 0 spiro atoms. The summed E-state index contributed by atoms with van der Waals surface area (Å²) in [6.07, 6.45) is 0.791. The molecule has 3 heteroatoms. The van der Waals surface area contributed by atoms with Crippen LogP contribution in [0.1, 0.15) is 17.3 Å². The largest absolute Gasteiger partial charge is 0.406 e. The molecule has 13 heavy (non-hydrogen) atoms. The van der Waals surface area contributed by atoms with E-state index >= 15 is 0 Å². The fraction of sp³-hybridized carbons (Fsp3) is 0.300. The van der Waals surface area contributed by atoms with Crippen molar-refractivity contribution >= 4 is 6.29 Å². The SMILES string of the molecule is CCN(C)Oc1ccccc1C=O. The van der Waals surface area contributed by atoms with Crippen LogP contribution in [0.3, 0.4) is 0 Å². The number of nitrogens with zero attached hydrogens (tertiary/aromatic N) is 1. The first kappa shape index (κ1) is 9.74. The first-order valence-electron chi connectivity index (χ1n) is 4.21. The lowest BCUT2D eigenvalue weighted by Crippen LogP contribution is -2.22. The predicted octanol–water partition coefficient (Wildman–Crippen LogP) is 1.74. The summed E-state index contributed by atoms with van der Waals surface area (Å²) < 4.78 is 0. The summed E-state index contributed by atoms with van der Waals surface area (Å²) in [7, 11) is 1.82. The Bertz CT molecular complexity index is 286. The molecule has 1 rings (SSSR count). The molecule has 0 saturated heterocycles. The van der Waals surface area contributed by atoms with Crippen LogP contribution in [-0.4, -0.2) is 24.9 Å². The van der Waals surface area contributed by atoms with Gasteiger partial charge in [-0.3, -0.25) is 4.79 Å². The van der Waals surface area contributed by atoms with Crippen LogP contribution in [0.5, 0.6) is 5.75 Å². The number of hydroxylamine groups is 2. The monoisotopic (exact) mass is 179 g/mol. The molecule has 0 aliphatic carbocycles. The number of hydrogen-bond acceptors (Lipinski definition) is 3. The van der Waals surface area contributed by atoms with Gasteiger partial charge in [0.1, 0.15) is 0 Å². The van der Waals surface area contributed by atoms with Crippen LogP contribution in [-0.2, 0) is 0 Å². The van der Waals surface area contributed by atoms with Gasteiger partial charge in [-0.15, -0.1) is 5.06 Å². The van der Waals surface area contributed by atoms with Crippen molar-refractivity contribution in [2.24, 2.45) is 0 Å². The molecule has 3 nitrogen and oxygen atoms in total. The fourth-order valence-electron chi connectivity index (χ4n) is 0.893. The Kier molecular flexibility index (Phi) is 3.46. The van der Waals surface area contributed by atoms with Crippen molar-refractivity contribution in [2.75, 3.05) is 13.6 Å². The topological polar surface area (TPSA) is 29.5 Å². The van der Waals surface area contributed by atoms with E-state index in [1.54, 1.807) is 17.2 Å². The smallest absolute Gasteiger partial charge is 0.157 e. The number of hydrogen-bond donors (Lipinski definition) is 0. The van der Waals surface area contributed by atoms with Gasteiger partial charge in [-0.25, -0.2) is 0 Å². The average Bonchev–Trinajstić information content (AvgIpc) is 2.18. The summed E-state index contributed by atoms with van der Waals surface area (Å²) in [5, 5.41) is 1.67. The van der Waals surface area contributed by atoms with E-state index in [2.05, 4.69) is 0 Å². The molecule has 0 saturated carbocycles. The van der Waals surface area contributed by atoms with E-state index in [0.29, 0.717) is 11.3 Å². The number of benzene rings is 1. The molecular formula is C10H13NO2. The zero-order valence-corrected chi connectivity index (χ0v) is 7.86. The molecule has 0 fully saturated rings. The van der Waals surface area contributed by atoms with Gasteiger partial charge in [0, 0.05) is 13.6 Å². The van der Waals surface area contributed by atoms with Crippen molar-refractivity contribution < 1.29 is 9.63 Å². The molecule has 0 radical (unpaired) electrons. The second-order valence-electron chi connectivity index (χ2n) is 2.69. The van der Waals surface area contributed by atoms with Crippen LogP contribution < -0.4 is 4.84 Å². The minimum Gasteiger partial charge on any atom is -0.406 e. The van der Waals surface area contributed by atoms with Gasteiger partial charge in [0.25, 0.3) is 0 Å². The molecular weight excluding hydrogens is 166 g/mol. The Balaban J connectivity index is 2.80. The standard InChI is InChI=1S/C10H13NO2/c1-3-11(2)13-10-7-5-4-6-9(10)8-12/h4-8H,3H2,1-2H3. The highest BCUT2D eigenvalue weighted by atomic mass is 16.7. The molecule has 0 bridgehead atoms. The van der Waals surface area contributed by atoms with Crippen LogP contribution in [0, 0.1) is 0 Å². The minimum atomic E-state index is 0.572. The molecule has 0 heterocycles. The van der Waals surface area contributed by atoms with E-state index in [1.165, 1.54) is 0 Å². The summed E-state index contributed by atoms with van der Waals surface area (Å²) >= 11 is 0. The number of aldehydes is 1. The minimum absolute atomic E-state index is 0.572. The lowest BCUT2D eigenvalue weighted by molar-refractivity contribution is -0.0267. The molecule has 0 aromatic heterocycles. The van der Waals surface area contributed by atoms with Crippen LogP contribution >= 0.6 is 0 Å². The summed E-state index contributed by atoms with van der Waals surface area (Å²) in [6, 6.07) is 7.15. The Morgan fingerprint density at radius 1 is 1.46 bits per heavy atom. The average molecular weight is 179 g/mol. The molecule has 0 N–H and O–H groups in total. The van der Waals surface area contributed by atoms with E-state index in [9.17, 15) is 4.79 Å². The molecule has 0 unspecified atom stereocenters. The fourth-order valence-corrected chi connectivity index (χ4v) is 0.893. The van der Waals surface area contributed by atoms with Gasteiger partial charge < -0.3 is 4.84 Å². The number of carbonyl (C=O) groups excluding carboxylic acids is 1. The Labute approximate surface area is 77.9 Å². The third-order valence-corrected chi connectivity index (χ3v) is 1.75. The van der Waals surface area contributed by atoms with E-state index in [4.69, 9.17) is 4.84 Å². The van der Waals surface area contributed by atoms with Crippen molar-refractivity contribution in [1.82, 2.24) is 5.06 Å². The normalized spacial score (nSPS) is 10.1. The first-order chi connectivity index (χ1) is 6.27. The van der Waals surface area contributed by atoms with Gasteiger partial charge >= 0.3 is 0 Å². The van der Waals surface area contributed by atoms with Gasteiger partial charge in [-0.05, 0) is 19.1 Å². The van der Waals surface area contributed by atoms with Crippen molar-refractivity contribution in [2.45, 2.75) is 6.92 Å². The molecule has 1 aromatic rings. The first-order valence-corrected chi connectivity index (χ1v) is 4.21. The van der Waals surface area contributed by atoms with Crippen LogP contribution in [0.25, 0.3) is 0 Å². The summed E-state index contributed by atoms with van der Waals surface area (Å²) in [5.41, 5.74) is 0.572. The number of rotatable bonds is 4. The molecule has 0 amide bonds. The highest BCUT2D eigenvalue weighted by Crippen LogP contribution is 2.16. The van der Waals surface area contributed by atoms with E-state index < -0.39 is 0 Å². The van der Waals surface area contributed by atoms with Crippen LogP contribution in [0.4, 0.5) is 0 Å². The van der Waals surface area contributed by atoms with Gasteiger partial charge in [-0.2, -0.15) is 0 Å². The van der Waals surface area contributed by atoms with Crippen molar-refractivity contribution in [3.8, 4) is 5.75 Å². The maximum atomic E-state index is 10.6. The Morgan fingerprint density at radius 3 is 2.77 bits per heavy atom. The van der Waals surface area contributed by atoms with Gasteiger partial charge in [-0.1, -0.05) is 12.1 Å². The predicted molar refractivity (Wildman–Crippen MR) is 50.8 cm³/mol. The quantitative estimate of drug-likeness (QED) is 0.521. The van der Waals surface area contributed by atoms with Gasteiger partial charge in [0.05, 0.1) is 5.56 Å². The van der Waals surface area contributed by atoms with E-state index in [-0.39, 0.29) is 0 Å². The maximum absolute atomic E-state index is 10.6. The van der Waals surface area contributed by atoms with Crippen LogP contribution in [0.2, 0.25) is 0 Å². The second kappa shape index (κ2) is 4.62. The maximum Gasteiger partial charge on any atom is 0.157 e. The molecule has 0 aliphatic heterocycles. The zero-order chi connectivity index (χ0) is 9.68. The van der Waals surface area contributed by atoms with E-state index in [1.807, 2.05) is 26.1 Å². The molecule has 1 aromatic carbocycles. The summed E-state index contributed by atoms with van der Waals surface area (Å²) in [4.78, 5) is 16.0. The lowest BCUT2D eigenvalue weighted by atomic mass is 10.2.